The minimum Gasteiger partial charge on any atom is -0.343 e. The van der Waals surface area contributed by atoms with E-state index in [0.717, 1.165) is 17.1 Å². The van der Waals surface area contributed by atoms with Gasteiger partial charge in [0.15, 0.2) is 0 Å². The van der Waals surface area contributed by atoms with Crippen molar-refractivity contribution in [1.29, 1.82) is 0 Å². The van der Waals surface area contributed by atoms with Crippen LogP contribution >= 0.6 is 0 Å². The maximum Gasteiger partial charge on any atom is 0.0725 e. The Morgan fingerprint density at radius 2 is 0.949 bits per heavy atom. The Hall–Kier alpha value is -9.50. The Morgan fingerprint density at radius 3 is 1.62 bits per heavy atom. The zero-order chi connectivity index (χ0) is 51.4. The first-order valence-corrected chi connectivity index (χ1v) is 27.6. The molecule has 0 N–H and O–H groups in total. The van der Waals surface area contributed by atoms with Crippen LogP contribution in [0.15, 0.2) is 267 Å². The Labute approximate surface area is 455 Å². The molecule has 0 radical (unpaired) electrons. The van der Waals surface area contributed by atoms with E-state index in [9.17, 15) is 0 Å². The monoisotopic (exact) mass is 992 g/mol. The number of para-hydroxylation sites is 3. The Bertz CT molecular complexity index is 4470. The summed E-state index contributed by atoms with van der Waals surface area (Å²) < 4.78 is 2.44. The van der Waals surface area contributed by atoms with Crippen molar-refractivity contribution in [2.24, 2.45) is 13.0 Å². The summed E-state index contributed by atoms with van der Waals surface area (Å²) >= 11 is 0. The van der Waals surface area contributed by atoms with Gasteiger partial charge in [0.1, 0.15) is 0 Å². The fourth-order valence-electron chi connectivity index (χ4n) is 15.7. The van der Waals surface area contributed by atoms with E-state index in [1.165, 1.54) is 128 Å². The average Bonchev–Trinajstić information content (AvgIpc) is 3.71. The van der Waals surface area contributed by atoms with Gasteiger partial charge in [-0.15, -0.1) is 0 Å². The second-order valence-corrected chi connectivity index (χ2v) is 22.4. The van der Waals surface area contributed by atoms with Gasteiger partial charge in [0, 0.05) is 57.8 Å². The van der Waals surface area contributed by atoms with Crippen molar-refractivity contribution >= 4 is 44.4 Å². The third-order valence-electron chi connectivity index (χ3n) is 18.7. The van der Waals surface area contributed by atoms with Crippen LogP contribution in [-0.2, 0) is 17.9 Å². The quantitative estimate of drug-likeness (QED) is 0.167. The van der Waals surface area contributed by atoms with E-state index in [4.69, 9.17) is 0 Å². The molecule has 2 atom stereocenters. The molecule has 2 nitrogen and oxygen atoms in total. The first-order valence-electron chi connectivity index (χ1n) is 27.6. The van der Waals surface area contributed by atoms with Crippen LogP contribution in [0.2, 0.25) is 0 Å². The lowest BCUT2D eigenvalue weighted by molar-refractivity contribution is 0.467. The second-order valence-electron chi connectivity index (χ2n) is 22.4. The zero-order valence-electron chi connectivity index (χ0n) is 43.5. The van der Waals surface area contributed by atoms with Gasteiger partial charge < -0.3 is 9.47 Å². The number of benzene rings is 11. The normalized spacial score (nSPS) is 16.8. The fourth-order valence-corrected chi connectivity index (χ4v) is 15.7. The summed E-state index contributed by atoms with van der Waals surface area (Å²) in [7, 11) is 2.26. The summed E-state index contributed by atoms with van der Waals surface area (Å²) in [6.45, 7) is 2.24. The third-order valence-corrected chi connectivity index (χ3v) is 18.7. The number of hydrogen-bond donors (Lipinski definition) is 0. The Kier molecular flexibility index (Phi) is 8.98. The molecule has 2 heteroatoms. The summed E-state index contributed by atoms with van der Waals surface area (Å²) in [6, 6.07) is 94.4. The van der Waals surface area contributed by atoms with E-state index in [1.807, 2.05) is 0 Å². The van der Waals surface area contributed by atoms with Crippen molar-refractivity contribution in [1.82, 2.24) is 4.57 Å². The maximum absolute atomic E-state index is 2.68. The van der Waals surface area contributed by atoms with E-state index in [2.05, 4.69) is 290 Å². The number of aryl methyl sites for hydroxylation is 2. The lowest BCUT2D eigenvalue weighted by Crippen LogP contribution is -2.33. The van der Waals surface area contributed by atoms with E-state index < -0.39 is 10.8 Å². The van der Waals surface area contributed by atoms with Crippen LogP contribution in [-0.4, -0.2) is 4.57 Å². The van der Waals surface area contributed by atoms with Crippen molar-refractivity contribution in [3.8, 4) is 44.5 Å². The van der Waals surface area contributed by atoms with Gasteiger partial charge in [-0.2, -0.15) is 0 Å². The van der Waals surface area contributed by atoms with Crippen LogP contribution in [0.25, 0.3) is 71.9 Å². The summed E-state index contributed by atoms with van der Waals surface area (Å²) in [6.07, 6.45) is 7.67. The molecular weight excluding hydrogens is 941 g/mol. The maximum atomic E-state index is 2.68. The highest BCUT2D eigenvalue weighted by Gasteiger charge is 2.58. The predicted molar refractivity (Wildman–Crippen MR) is 323 cm³/mol. The van der Waals surface area contributed by atoms with Gasteiger partial charge in [-0.05, 0) is 162 Å². The van der Waals surface area contributed by atoms with E-state index in [1.54, 1.807) is 0 Å². The van der Waals surface area contributed by atoms with Crippen LogP contribution in [0.3, 0.4) is 0 Å². The number of anilines is 3. The lowest BCUT2D eigenvalue weighted by Gasteiger charge is -2.37. The standard InChI is InChI=1S/C76H52N2/c1-47-33-37-58-60-39-35-49(45-71(60)75(69(58)41-47)65-28-14-9-23-54(65)55-24-10-15-29-66(55)75)63-42-50(43-64-62-27-13-18-32-73(62)77(2)74(63)64)48-34-38-59-61-40-36-53(78(51-19-5-3-6-20-51)52-21-7-4-8-22-52)46-72(61)76(70(59)44-48)67-30-16-11-25-56(67)57-26-12-17-31-68(57)76/h3-46,59,70H,1-2H3. The molecule has 0 fully saturated rings. The third kappa shape index (κ3) is 5.61. The summed E-state index contributed by atoms with van der Waals surface area (Å²) in [5.41, 5.74) is 30.3. The molecule has 78 heavy (non-hydrogen) atoms. The number of fused-ring (bicyclic) bond motifs is 23. The molecule has 5 aliphatic rings. The number of allylic oxidation sites excluding steroid dienone is 4. The number of nitrogens with zero attached hydrogens (tertiary/aromatic N) is 2. The van der Waals surface area contributed by atoms with Gasteiger partial charge in [0.05, 0.1) is 16.3 Å². The summed E-state index contributed by atoms with van der Waals surface area (Å²) in [4.78, 5) is 2.42. The van der Waals surface area contributed by atoms with E-state index >= 15 is 0 Å². The highest BCUT2D eigenvalue weighted by molar-refractivity contribution is 6.14. The first kappa shape index (κ1) is 43.7. The average molecular weight is 993 g/mol. The van der Waals surface area contributed by atoms with Crippen molar-refractivity contribution in [3.63, 3.8) is 0 Å². The molecule has 0 amide bonds. The highest BCUT2D eigenvalue weighted by atomic mass is 15.1. The predicted octanol–water partition coefficient (Wildman–Crippen LogP) is 18.8. The first-order chi connectivity index (χ1) is 38.5. The largest absolute Gasteiger partial charge is 0.343 e. The van der Waals surface area contributed by atoms with Crippen LogP contribution in [0, 0.1) is 12.8 Å². The number of rotatable bonds is 5. The fraction of sp³-hybridized carbons (Fsp3) is 0.0789. The molecule has 0 saturated heterocycles. The smallest absolute Gasteiger partial charge is 0.0725 e. The van der Waals surface area contributed by atoms with Gasteiger partial charge in [-0.25, -0.2) is 0 Å². The SMILES string of the molecule is Cc1ccc2c(c1)C1(c3ccccc3-c3ccccc31)c1cc(-c3cc(C4=CC5C(C=C4)c4ccc(N(c6ccccc6)c6ccccc6)cc4C54c5ccccc5-c5ccccc54)cc4c5ccccc5n(C)c34)ccc1-2. The molecular formula is C76H52N2. The van der Waals surface area contributed by atoms with Crippen LogP contribution in [0.5, 0.6) is 0 Å². The van der Waals surface area contributed by atoms with Gasteiger partial charge in [-0.1, -0.05) is 212 Å². The van der Waals surface area contributed by atoms with Crippen LogP contribution < -0.4 is 4.90 Å². The van der Waals surface area contributed by atoms with Gasteiger partial charge in [0.25, 0.3) is 0 Å². The molecule has 0 aliphatic heterocycles. The number of hydrogen-bond acceptors (Lipinski definition) is 1. The molecule has 12 aromatic rings. The van der Waals surface area contributed by atoms with Gasteiger partial charge in [-0.3, -0.25) is 0 Å². The van der Waals surface area contributed by atoms with E-state index in [-0.39, 0.29) is 11.8 Å². The van der Waals surface area contributed by atoms with Crippen molar-refractivity contribution < 1.29 is 0 Å². The summed E-state index contributed by atoms with van der Waals surface area (Å²) in [5.74, 6) is 0.264. The van der Waals surface area contributed by atoms with Crippen molar-refractivity contribution in [2.45, 2.75) is 23.7 Å². The second kappa shape index (κ2) is 16.0. The van der Waals surface area contributed by atoms with Gasteiger partial charge in [0.2, 0.25) is 0 Å². The summed E-state index contributed by atoms with van der Waals surface area (Å²) in [5, 5.41) is 2.54. The highest BCUT2D eigenvalue weighted by Crippen LogP contribution is 2.67. The zero-order valence-corrected chi connectivity index (χ0v) is 43.5. The molecule has 17 rings (SSSR count). The molecule has 2 spiro atoms. The molecule has 2 unspecified atom stereocenters. The van der Waals surface area contributed by atoms with Crippen molar-refractivity contribution in [2.75, 3.05) is 4.90 Å². The minimum absolute atomic E-state index is 0.102. The minimum atomic E-state index is -0.446. The molecule has 11 aromatic carbocycles. The molecule has 1 aromatic heterocycles. The number of aromatic nitrogens is 1. The van der Waals surface area contributed by atoms with Gasteiger partial charge >= 0.3 is 0 Å². The van der Waals surface area contributed by atoms with Crippen LogP contribution in [0.4, 0.5) is 17.1 Å². The molecule has 1 heterocycles. The topological polar surface area (TPSA) is 8.17 Å². The Morgan fingerprint density at radius 1 is 0.397 bits per heavy atom. The Balaban J connectivity index is 0.895. The molecule has 5 aliphatic carbocycles. The molecule has 366 valence electrons. The van der Waals surface area contributed by atoms with E-state index in [0.29, 0.717) is 0 Å². The van der Waals surface area contributed by atoms with Crippen molar-refractivity contribution in [3.05, 3.63) is 323 Å². The molecule has 0 bridgehead atoms. The van der Waals surface area contributed by atoms with Crippen LogP contribution in [0.1, 0.15) is 61.6 Å². The lowest BCUT2D eigenvalue weighted by atomic mass is 9.64. The molecule has 0 saturated carbocycles.